The van der Waals surface area contributed by atoms with E-state index < -0.39 is 17.8 Å². The van der Waals surface area contributed by atoms with Crippen molar-refractivity contribution in [1.82, 2.24) is 19.7 Å². The summed E-state index contributed by atoms with van der Waals surface area (Å²) in [7, 11) is 0. The largest absolute Gasteiger partial charge is 0.311 e. The van der Waals surface area contributed by atoms with Gasteiger partial charge < -0.3 is 5.32 Å². The lowest BCUT2D eigenvalue weighted by Gasteiger charge is -2.11. The highest BCUT2D eigenvalue weighted by Gasteiger charge is 2.42. The van der Waals surface area contributed by atoms with Gasteiger partial charge in [-0.25, -0.2) is 19.0 Å². The second-order valence-corrected chi connectivity index (χ2v) is 6.69. The predicted octanol–water partition coefficient (Wildman–Crippen LogP) is 3.71. The Kier molecular flexibility index (Phi) is 3.90. The van der Waals surface area contributed by atoms with Gasteiger partial charge in [0.1, 0.15) is 17.7 Å². The fourth-order valence-electron chi connectivity index (χ4n) is 2.96. The number of nitrogens with one attached hydrogen (secondary N) is 1. The molecule has 1 saturated carbocycles. The van der Waals surface area contributed by atoms with Gasteiger partial charge in [0.2, 0.25) is 5.91 Å². The number of amides is 1. The van der Waals surface area contributed by atoms with Crippen LogP contribution in [0.15, 0.2) is 30.5 Å². The van der Waals surface area contributed by atoms with E-state index in [4.69, 9.17) is 0 Å². The zero-order valence-corrected chi connectivity index (χ0v) is 14.6. The summed E-state index contributed by atoms with van der Waals surface area (Å²) in [6, 6.07) is 5.82. The summed E-state index contributed by atoms with van der Waals surface area (Å²) in [6.45, 7) is 2.11. The van der Waals surface area contributed by atoms with Crippen molar-refractivity contribution in [2.45, 2.75) is 38.3 Å². The monoisotopic (exact) mass is 375 g/mol. The number of fused-ring (bicyclic) bond motifs is 1. The standard InChI is InChI=1S/C18H16F3N5O/c1-9(27)23-15-7-13-11(8-22-15)17(10-6-12(10)19)25-26(13)16-5-3-4-14(24-16)18(2,20)21/h3-5,7-8,10,12H,6H2,1-2H3,(H,22,23,27). The van der Waals surface area contributed by atoms with E-state index in [9.17, 15) is 18.0 Å². The fourth-order valence-corrected chi connectivity index (χ4v) is 2.96. The van der Waals surface area contributed by atoms with E-state index in [0.717, 1.165) is 6.92 Å². The van der Waals surface area contributed by atoms with Gasteiger partial charge in [-0.3, -0.25) is 4.79 Å². The zero-order chi connectivity index (χ0) is 19.3. The van der Waals surface area contributed by atoms with Crippen LogP contribution in [0, 0.1) is 0 Å². The Bertz CT molecular complexity index is 1040. The topological polar surface area (TPSA) is 72.7 Å². The average molecular weight is 375 g/mol. The highest BCUT2D eigenvalue weighted by molar-refractivity contribution is 5.91. The third kappa shape index (κ3) is 3.24. The first-order valence-corrected chi connectivity index (χ1v) is 8.40. The van der Waals surface area contributed by atoms with Gasteiger partial charge in [0, 0.05) is 37.4 Å². The van der Waals surface area contributed by atoms with Crippen LogP contribution < -0.4 is 5.32 Å². The lowest BCUT2D eigenvalue weighted by molar-refractivity contribution is -0.114. The Morgan fingerprint density at radius 1 is 1.37 bits per heavy atom. The van der Waals surface area contributed by atoms with Crippen molar-refractivity contribution in [1.29, 1.82) is 0 Å². The minimum Gasteiger partial charge on any atom is -0.311 e. The normalized spacial score (nSPS) is 19.3. The smallest absolute Gasteiger partial charge is 0.287 e. The van der Waals surface area contributed by atoms with Crippen molar-refractivity contribution in [3.8, 4) is 5.82 Å². The predicted molar refractivity (Wildman–Crippen MR) is 92.8 cm³/mol. The lowest BCUT2D eigenvalue weighted by Crippen LogP contribution is -2.12. The van der Waals surface area contributed by atoms with Crippen LogP contribution in [0.2, 0.25) is 0 Å². The van der Waals surface area contributed by atoms with Crippen molar-refractivity contribution in [3.63, 3.8) is 0 Å². The minimum atomic E-state index is -3.11. The summed E-state index contributed by atoms with van der Waals surface area (Å²) in [6.07, 6.45) is 0.883. The molecule has 140 valence electrons. The maximum atomic E-state index is 13.7. The molecule has 0 aromatic carbocycles. The van der Waals surface area contributed by atoms with Crippen molar-refractivity contribution >= 4 is 22.6 Å². The van der Waals surface area contributed by atoms with Gasteiger partial charge in [0.25, 0.3) is 5.92 Å². The van der Waals surface area contributed by atoms with E-state index in [1.165, 1.54) is 29.9 Å². The number of carbonyl (C=O) groups excluding carboxylic acids is 1. The molecule has 0 bridgehead atoms. The second kappa shape index (κ2) is 6.04. The molecule has 3 aromatic heterocycles. The summed E-state index contributed by atoms with van der Waals surface area (Å²) in [4.78, 5) is 19.5. The Balaban J connectivity index is 1.89. The molecule has 0 saturated heterocycles. The summed E-state index contributed by atoms with van der Waals surface area (Å²) < 4.78 is 42.4. The zero-order valence-electron chi connectivity index (χ0n) is 14.6. The maximum Gasteiger partial charge on any atom is 0.287 e. The number of halogens is 3. The van der Waals surface area contributed by atoms with Crippen molar-refractivity contribution < 1.29 is 18.0 Å². The molecule has 2 atom stereocenters. The summed E-state index contributed by atoms with van der Waals surface area (Å²) in [5, 5.41) is 7.60. The first-order chi connectivity index (χ1) is 12.7. The number of nitrogens with zero attached hydrogens (tertiary/aromatic N) is 4. The SMILES string of the molecule is CC(=O)Nc1cc2c(cn1)c(C1CC1F)nn2-c1cccc(C(C)(F)F)n1. The van der Waals surface area contributed by atoms with Crippen molar-refractivity contribution in [2.75, 3.05) is 5.32 Å². The number of anilines is 1. The van der Waals surface area contributed by atoms with Gasteiger partial charge in [-0.2, -0.15) is 13.9 Å². The fraction of sp³-hybridized carbons (Fsp3) is 0.333. The quantitative estimate of drug-likeness (QED) is 0.755. The molecule has 3 heterocycles. The molecule has 1 N–H and O–H groups in total. The second-order valence-electron chi connectivity index (χ2n) is 6.69. The maximum absolute atomic E-state index is 13.7. The first kappa shape index (κ1) is 17.4. The molecular weight excluding hydrogens is 359 g/mol. The molecular formula is C18H16F3N5O. The van der Waals surface area contributed by atoms with Crippen molar-refractivity contribution in [3.05, 3.63) is 41.9 Å². The molecule has 0 spiro atoms. The average Bonchev–Trinajstić information content (AvgIpc) is 3.20. The van der Waals surface area contributed by atoms with E-state index in [2.05, 4.69) is 20.4 Å². The number of hydrogen-bond donors (Lipinski definition) is 1. The number of rotatable bonds is 4. The molecule has 1 aliphatic carbocycles. The number of pyridine rings is 2. The van der Waals surface area contributed by atoms with Crippen LogP contribution in [-0.4, -0.2) is 31.8 Å². The van der Waals surface area contributed by atoms with Crippen LogP contribution in [-0.2, 0) is 10.7 Å². The molecule has 1 aliphatic rings. The number of carbonyl (C=O) groups is 1. The molecule has 9 heteroatoms. The van der Waals surface area contributed by atoms with Gasteiger partial charge in [-0.1, -0.05) is 6.07 Å². The molecule has 6 nitrogen and oxygen atoms in total. The van der Waals surface area contributed by atoms with Gasteiger partial charge in [-0.05, 0) is 18.6 Å². The molecule has 3 aromatic rings. The lowest BCUT2D eigenvalue weighted by atomic mass is 10.2. The Morgan fingerprint density at radius 2 is 2.11 bits per heavy atom. The number of hydrogen-bond acceptors (Lipinski definition) is 4. The highest BCUT2D eigenvalue weighted by Crippen LogP contribution is 2.45. The van der Waals surface area contributed by atoms with E-state index in [1.807, 2.05) is 0 Å². The van der Waals surface area contributed by atoms with Crippen LogP contribution >= 0.6 is 0 Å². The van der Waals surface area contributed by atoms with E-state index >= 15 is 0 Å². The van der Waals surface area contributed by atoms with Crippen molar-refractivity contribution in [2.24, 2.45) is 0 Å². The Morgan fingerprint density at radius 3 is 2.74 bits per heavy atom. The summed E-state index contributed by atoms with van der Waals surface area (Å²) >= 11 is 0. The van der Waals surface area contributed by atoms with Crippen LogP contribution in [0.25, 0.3) is 16.7 Å². The van der Waals surface area contributed by atoms with Gasteiger partial charge in [0.15, 0.2) is 5.82 Å². The van der Waals surface area contributed by atoms with Crippen LogP contribution in [0.5, 0.6) is 0 Å². The van der Waals surface area contributed by atoms with Crippen LogP contribution in [0.1, 0.15) is 37.6 Å². The molecule has 0 radical (unpaired) electrons. The summed E-state index contributed by atoms with van der Waals surface area (Å²) in [5.74, 6) is -3.29. The third-order valence-corrected chi connectivity index (χ3v) is 4.36. The minimum absolute atomic E-state index is 0.182. The molecule has 1 amide bonds. The van der Waals surface area contributed by atoms with Gasteiger partial charge >= 0.3 is 0 Å². The van der Waals surface area contributed by atoms with E-state index in [-0.39, 0.29) is 23.5 Å². The molecule has 1 fully saturated rings. The number of aromatic nitrogens is 4. The van der Waals surface area contributed by atoms with E-state index in [0.29, 0.717) is 23.0 Å². The summed E-state index contributed by atoms with van der Waals surface area (Å²) in [5.41, 5.74) is 0.623. The van der Waals surface area contributed by atoms with Crippen LogP contribution in [0.4, 0.5) is 19.0 Å². The molecule has 2 unspecified atom stereocenters. The van der Waals surface area contributed by atoms with Gasteiger partial charge in [0.05, 0.1) is 11.2 Å². The van der Waals surface area contributed by atoms with Gasteiger partial charge in [-0.15, -0.1) is 0 Å². The highest BCUT2D eigenvalue weighted by atomic mass is 19.3. The number of alkyl halides is 3. The molecule has 4 rings (SSSR count). The van der Waals surface area contributed by atoms with Crippen LogP contribution in [0.3, 0.4) is 0 Å². The third-order valence-electron chi connectivity index (χ3n) is 4.36. The van der Waals surface area contributed by atoms with E-state index in [1.54, 1.807) is 12.1 Å². The molecule has 0 aliphatic heterocycles. The molecule has 27 heavy (non-hydrogen) atoms. The Labute approximate surface area is 152 Å². The Hall–Kier alpha value is -2.97. The first-order valence-electron chi connectivity index (χ1n) is 8.40.